The van der Waals surface area contributed by atoms with Gasteiger partial charge in [-0.3, -0.25) is 9.00 Å². The third-order valence-electron chi connectivity index (χ3n) is 3.58. The molecule has 0 aliphatic carbocycles. The van der Waals surface area contributed by atoms with Gasteiger partial charge in [0.05, 0.1) is 6.04 Å². The van der Waals surface area contributed by atoms with Crippen LogP contribution < -0.4 is 0 Å². The Morgan fingerprint density at radius 1 is 1.27 bits per heavy atom. The van der Waals surface area contributed by atoms with Gasteiger partial charge in [0, 0.05) is 35.2 Å². The molecular formula is C16H18N2O3S. The van der Waals surface area contributed by atoms with Crippen molar-refractivity contribution in [1.29, 1.82) is 0 Å². The lowest BCUT2D eigenvalue weighted by atomic mass is 10.1. The molecule has 1 heterocycles. The summed E-state index contributed by atoms with van der Waals surface area (Å²) >= 11 is 0. The maximum Gasteiger partial charge on any atom is 0.276 e. The molecule has 1 amide bonds. The summed E-state index contributed by atoms with van der Waals surface area (Å²) in [7, 11) is 0.633. The van der Waals surface area contributed by atoms with Crippen LogP contribution in [0, 0.1) is 0 Å². The van der Waals surface area contributed by atoms with E-state index in [2.05, 4.69) is 4.98 Å². The molecule has 0 spiro atoms. The van der Waals surface area contributed by atoms with Gasteiger partial charge in [0.25, 0.3) is 5.91 Å². The van der Waals surface area contributed by atoms with Crippen LogP contribution in [0.3, 0.4) is 0 Å². The predicted molar refractivity (Wildman–Crippen MR) is 85.2 cm³/mol. The van der Waals surface area contributed by atoms with Crippen molar-refractivity contribution >= 4 is 16.7 Å². The maximum atomic E-state index is 12.4. The topological polar surface area (TPSA) is 70.5 Å². The fourth-order valence-electron chi connectivity index (χ4n) is 2.07. The molecule has 0 bridgehead atoms. The number of benzene rings is 1. The molecule has 6 heteroatoms. The van der Waals surface area contributed by atoms with Gasteiger partial charge in [-0.2, -0.15) is 0 Å². The first-order valence-electron chi connectivity index (χ1n) is 6.76. The number of pyridine rings is 1. The molecule has 5 nitrogen and oxygen atoms in total. The van der Waals surface area contributed by atoms with Crippen LogP contribution in [0.25, 0.3) is 0 Å². The van der Waals surface area contributed by atoms with Gasteiger partial charge in [-0.05, 0) is 36.8 Å². The van der Waals surface area contributed by atoms with E-state index in [4.69, 9.17) is 0 Å². The Balaban J connectivity index is 2.21. The minimum atomic E-state index is -1.03. The summed E-state index contributed by atoms with van der Waals surface area (Å²) in [5.41, 5.74) is 0.948. The Hall–Kier alpha value is -2.21. The second-order valence-corrected chi connectivity index (χ2v) is 6.37. The van der Waals surface area contributed by atoms with Gasteiger partial charge in [0.2, 0.25) is 0 Å². The summed E-state index contributed by atoms with van der Waals surface area (Å²) in [6, 6.07) is 10.1. The van der Waals surface area contributed by atoms with Crippen molar-refractivity contribution in [2.75, 3.05) is 13.3 Å². The maximum absolute atomic E-state index is 12.4. The average Bonchev–Trinajstić information content (AvgIpc) is 2.53. The molecule has 0 radical (unpaired) electrons. The smallest absolute Gasteiger partial charge is 0.276 e. The van der Waals surface area contributed by atoms with Crippen LogP contribution in [0.2, 0.25) is 0 Å². The summed E-state index contributed by atoms with van der Waals surface area (Å²) in [4.78, 5) is 18.6. The molecule has 2 atom stereocenters. The van der Waals surface area contributed by atoms with Crippen LogP contribution in [0.1, 0.15) is 29.0 Å². The molecule has 2 aromatic rings. The first kappa shape index (κ1) is 16.2. The van der Waals surface area contributed by atoms with Gasteiger partial charge in [-0.25, -0.2) is 4.98 Å². The largest absolute Gasteiger partial charge is 0.505 e. The lowest BCUT2D eigenvalue weighted by Crippen LogP contribution is -2.30. The highest BCUT2D eigenvalue weighted by Crippen LogP contribution is 2.23. The number of carbonyl (C=O) groups excluding carboxylic acids is 1. The van der Waals surface area contributed by atoms with Crippen LogP contribution in [-0.2, 0) is 10.8 Å². The van der Waals surface area contributed by atoms with Crippen molar-refractivity contribution in [3.8, 4) is 5.75 Å². The molecule has 1 aromatic heterocycles. The molecule has 0 aliphatic rings. The number of amides is 1. The standard InChI is InChI=1S/C16H18N2O3S/c1-11(12-6-8-13(9-7-12)22(3)21)18(2)16(20)15-14(19)5-4-10-17-15/h4-11,19H,1-3H3. The van der Waals surface area contributed by atoms with Crippen molar-refractivity contribution in [3.63, 3.8) is 0 Å². The van der Waals surface area contributed by atoms with E-state index < -0.39 is 10.8 Å². The number of aromatic nitrogens is 1. The molecule has 0 saturated carbocycles. The van der Waals surface area contributed by atoms with Crippen LogP contribution in [0.15, 0.2) is 47.5 Å². The summed E-state index contributed by atoms with van der Waals surface area (Å²) in [6.07, 6.45) is 3.09. The molecule has 2 rings (SSSR count). The second kappa shape index (κ2) is 6.70. The van der Waals surface area contributed by atoms with E-state index in [1.54, 1.807) is 31.5 Å². The zero-order valence-corrected chi connectivity index (χ0v) is 13.5. The summed E-state index contributed by atoms with van der Waals surface area (Å²) in [5, 5.41) is 9.74. The van der Waals surface area contributed by atoms with Gasteiger partial charge < -0.3 is 10.0 Å². The van der Waals surface area contributed by atoms with Crippen LogP contribution in [-0.4, -0.2) is 38.4 Å². The van der Waals surface area contributed by atoms with Crippen molar-refractivity contribution in [3.05, 3.63) is 53.9 Å². The van der Waals surface area contributed by atoms with E-state index in [9.17, 15) is 14.1 Å². The Labute approximate surface area is 132 Å². The third-order valence-corrected chi connectivity index (χ3v) is 4.52. The Kier molecular flexibility index (Phi) is 4.92. The fraction of sp³-hybridized carbons (Fsp3) is 0.250. The van der Waals surface area contributed by atoms with E-state index in [-0.39, 0.29) is 23.4 Å². The lowest BCUT2D eigenvalue weighted by molar-refractivity contribution is 0.0733. The van der Waals surface area contributed by atoms with Gasteiger partial charge in [-0.15, -0.1) is 0 Å². The quantitative estimate of drug-likeness (QED) is 0.939. The van der Waals surface area contributed by atoms with E-state index in [0.717, 1.165) is 10.5 Å². The van der Waals surface area contributed by atoms with Crippen molar-refractivity contribution in [1.82, 2.24) is 9.88 Å². The van der Waals surface area contributed by atoms with E-state index in [1.807, 2.05) is 19.1 Å². The Bertz CT molecular complexity index is 701. The van der Waals surface area contributed by atoms with E-state index in [1.165, 1.54) is 17.2 Å². The SMILES string of the molecule is CC(c1ccc(S(C)=O)cc1)N(C)C(=O)c1ncccc1O. The molecule has 0 saturated heterocycles. The van der Waals surface area contributed by atoms with Crippen LogP contribution in [0.4, 0.5) is 0 Å². The normalized spacial score (nSPS) is 13.4. The monoisotopic (exact) mass is 318 g/mol. The molecule has 1 aromatic carbocycles. The van der Waals surface area contributed by atoms with Gasteiger partial charge in [0.1, 0.15) is 5.75 Å². The zero-order valence-electron chi connectivity index (χ0n) is 12.7. The Morgan fingerprint density at radius 3 is 2.45 bits per heavy atom. The predicted octanol–water partition coefficient (Wildman–Crippen LogP) is 2.36. The highest BCUT2D eigenvalue weighted by Gasteiger charge is 2.22. The van der Waals surface area contributed by atoms with Gasteiger partial charge in [-0.1, -0.05) is 12.1 Å². The van der Waals surface area contributed by atoms with Gasteiger partial charge in [0.15, 0.2) is 5.69 Å². The number of carbonyl (C=O) groups is 1. The van der Waals surface area contributed by atoms with Crippen LogP contribution >= 0.6 is 0 Å². The van der Waals surface area contributed by atoms with Crippen molar-refractivity contribution in [2.45, 2.75) is 17.9 Å². The molecule has 0 fully saturated rings. The van der Waals surface area contributed by atoms with Crippen LogP contribution in [0.5, 0.6) is 5.75 Å². The summed E-state index contributed by atoms with van der Waals surface area (Å²) in [6.45, 7) is 1.88. The molecule has 2 unspecified atom stereocenters. The average molecular weight is 318 g/mol. The zero-order chi connectivity index (χ0) is 16.3. The minimum Gasteiger partial charge on any atom is -0.505 e. The second-order valence-electron chi connectivity index (χ2n) is 4.99. The Morgan fingerprint density at radius 2 is 1.91 bits per heavy atom. The molecule has 22 heavy (non-hydrogen) atoms. The highest BCUT2D eigenvalue weighted by molar-refractivity contribution is 7.84. The molecular weight excluding hydrogens is 300 g/mol. The van der Waals surface area contributed by atoms with Crippen molar-refractivity contribution in [2.24, 2.45) is 0 Å². The third kappa shape index (κ3) is 3.33. The van der Waals surface area contributed by atoms with E-state index in [0.29, 0.717) is 0 Å². The minimum absolute atomic E-state index is 0.0307. The van der Waals surface area contributed by atoms with Gasteiger partial charge >= 0.3 is 0 Å². The first-order chi connectivity index (χ1) is 10.4. The summed E-state index contributed by atoms with van der Waals surface area (Å²) < 4.78 is 11.4. The molecule has 1 N–H and O–H groups in total. The summed E-state index contributed by atoms with van der Waals surface area (Å²) in [5.74, 6) is -0.489. The first-order valence-corrected chi connectivity index (χ1v) is 8.32. The number of hydrogen-bond acceptors (Lipinski definition) is 4. The number of aromatic hydroxyl groups is 1. The highest BCUT2D eigenvalue weighted by atomic mass is 32.2. The number of nitrogens with zero attached hydrogens (tertiary/aromatic N) is 2. The van der Waals surface area contributed by atoms with E-state index >= 15 is 0 Å². The number of hydrogen-bond donors (Lipinski definition) is 1. The molecule has 0 aliphatic heterocycles. The molecule has 116 valence electrons. The fourth-order valence-corrected chi connectivity index (χ4v) is 2.59. The van der Waals surface area contributed by atoms with Crippen molar-refractivity contribution < 1.29 is 14.1 Å². The number of rotatable bonds is 4. The lowest BCUT2D eigenvalue weighted by Gasteiger charge is -2.25.